The van der Waals surface area contributed by atoms with Crippen LogP contribution in [-0.2, 0) is 6.54 Å². The second-order valence-corrected chi connectivity index (χ2v) is 8.56. The maximum absolute atomic E-state index is 13.7. The van der Waals surface area contributed by atoms with Gasteiger partial charge in [-0.15, -0.1) is 0 Å². The number of allylic oxidation sites excluding steroid dienone is 1. The summed E-state index contributed by atoms with van der Waals surface area (Å²) < 4.78 is 1.95. The lowest BCUT2D eigenvalue weighted by atomic mass is 10.0. The molecule has 176 valence electrons. The third-order valence-electron chi connectivity index (χ3n) is 5.42. The van der Waals surface area contributed by atoms with Gasteiger partial charge in [-0.3, -0.25) is 14.6 Å². The van der Waals surface area contributed by atoms with Crippen LogP contribution in [0.15, 0.2) is 88.9 Å². The minimum Gasteiger partial charge on any atom is -0.348 e. The molecule has 1 N–H and O–H groups in total. The van der Waals surface area contributed by atoms with E-state index in [1.54, 1.807) is 36.5 Å². The summed E-state index contributed by atoms with van der Waals surface area (Å²) in [7, 11) is 0. The minimum atomic E-state index is -0.370. The number of benzene rings is 2. The van der Waals surface area contributed by atoms with Gasteiger partial charge in [0.05, 0.1) is 22.5 Å². The van der Waals surface area contributed by atoms with Crippen LogP contribution >= 0.6 is 23.2 Å². The first-order valence-corrected chi connectivity index (χ1v) is 11.6. The first-order valence-electron chi connectivity index (χ1n) is 10.9. The number of para-hydroxylation sites is 1. The molecule has 0 radical (unpaired) electrons. The van der Waals surface area contributed by atoms with Crippen LogP contribution in [0.1, 0.15) is 35.5 Å². The predicted molar refractivity (Wildman–Crippen MR) is 142 cm³/mol. The van der Waals surface area contributed by atoms with Crippen molar-refractivity contribution in [3.8, 4) is 5.69 Å². The van der Waals surface area contributed by atoms with E-state index in [9.17, 15) is 9.59 Å². The van der Waals surface area contributed by atoms with Crippen molar-refractivity contribution in [2.75, 3.05) is 0 Å². The van der Waals surface area contributed by atoms with Crippen molar-refractivity contribution in [2.45, 2.75) is 20.4 Å². The Kier molecular flexibility index (Phi) is 7.44. The summed E-state index contributed by atoms with van der Waals surface area (Å²) in [4.78, 5) is 35.0. The van der Waals surface area contributed by atoms with Crippen molar-refractivity contribution < 1.29 is 4.79 Å². The van der Waals surface area contributed by atoms with E-state index < -0.39 is 0 Å². The molecule has 1 amide bonds. The van der Waals surface area contributed by atoms with E-state index in [0.29, 0.717) is 43.6 Å². The molecule has 0 atom stereocenters. The Hall–Kier alpha value is -3.74. The molecular weight excluding hydrogens is 483 g/mol. The second kappa shape index (κ2) is 10.7. The highest BCUT2D eigenvalue weighted by atomic mass is 35.5. The van der Waals surface area contributed by atoms with Crippen LogP contribution in [0.3, 0.4) is 0 Å². The molecule has 0 unspecified atom stereocenters. The number of hydrogen-bond acceptors (Lipinski definition) is 4. The topological polar surface area (TPSA) is 76.3 Å². The van der Waals surface area contributed by atoms with E-state index in [4.69, 9.17) is 23.2 Å². The van der Waals surface area contributed by atoms with E-state index in [-0.39, 0.29) is 17.9 Å². The highest BCUT2D eigenvalue weighted by molar-refractivity contribution is 6.31. The molecule has 0 saturated carbocycles. The van der Waals surface area contributed by atoms with Gasteiger partial charge in [-0.25, -0.2) is 4.98 Å². The van der Waals surface area contributed by atoms with E-state index in [2.05, 4.69) is 15.3 Å². The number of pyridine rings is 2. The molecule has 4 aromatic rings. The van der Waals surface area contributed by atoms with Crippen LogP contribution in [0, 0.1) is 0 Å². The van der Waals surface area contributed by atoms with Crippen molar-refractivity contribution in [3.05, 3.63) is 116 Å². The Morgan fingerprint density at radius 3 is 2.57 bits per heavy atom. The summed E-state index contributed by atoms with van der Waals surface area (Å²) >= 11 is 12.2. The molecule has 2 aromatic heterocycles. The summed E-state index contributed by atoms with van der Waals surface area (Å²) in [6, 6.07) is 17.9. The van der Waals surface area contributed by atoms with Gasteiger partial charge < -0.3 is 9.88 Å². The molecule has 0 aliphatic heterocycles. The predicted octanol–water partition coefficient (Wildman–Crippen LogP) is 5.97. The summed E-state index contributed by atoms with van der Waals surface area (Å²) in [6.07, 6.45) is 4.86. The third-order valence-corrected chi connectivity index (χ3v) is 5.88. The van der Waals surface area contributed by atoms with Crippen molar-refractivity contribution >= 4 is 45.7 Å². The van der Waals surface area contributed by atoms with Gasteiger partial charge >= 0.3 is 0 Å². The van der Waals surface area contributed by atoms with Gasteiger partial charge in [0.15, 0.2) is 5.43 Å². The molecule has 0 aliphatic carbocycles. The van der Waals surface area contributed by atoms with E-state index in [1.807, 2.05) is 48.7 Å². The molecular formula is C27H22Cl2N4O2. The maximum Gasteiger partial charge on any atom is 0.253 e. The zero-order chi connectivity index (χ0) is 24.9. The lowest BCUT2D eigenvalue weighted by Crippen LogP contribution is -2.30. The Morgan fingerprint density at radius 1 is 1.11 bits per heavy atom. The van der Waals surface area contributed by atoms with Crippen LogP contribution < -0.4 is 10.7 Å². The van der Waals surface area contributed by atoms with E-state index >= 15 is 0 Å². The summed E-state index contributed by atoms with van der Waals surface area (Å²) in [5, 5.41) is 4.13. The maximum atomic E-state index is 13.7. The molecule has 8 heteroatoms. The van der Waals surface area contributed by atoms with Crippen molar-refractivity contribution in [3.63, 3.8) is 0 Å². The fourth-order valence-corrected chi connectivity index (χ4v) is 4.10. The fourth-order valence-electron chi connectivity index (χ4n) is 3.83. The summed E-state index contributed by atoms with van der Waals surface area (Å²) in [5.41, 5.74) is 3.22. The number of carbonyl (C=O) groups is 1. The van der Waals surface area contributed by atoms with Crippen molar-refractivity contribution in [1.82, 2.24) is 14.9 Å². The third kappa shape index (κ3) is 5.19. The van der Waals surface area contributed by atoms with Gasteiger partial charge in [0.1, 0.15) is 5.15 Å². The lowest BCUT2D eigenvalue weighted by molar-refractivity contribution is 0.0950. The molecule has 0 saturated heterocycles. The average molecular weight is 505 g/mol. The number of rotatable bonds is 6. The second-order valence-electron chi connectivity index (χ2n) is 7.74. The van der Waals surface area contributed by atoms with Gasteiger partial charge in [0, 0.05) is 40.6 Å². The standard InChI is InChI=1S/C27H22Cl2N4O2/c1-3-13-30-17(2)25-22(16-32-27(35)18-9-12-24(29)31-15-18)26(34)21-11-10-19(28)14-23(21)33(25)20-7-5-4-6-8-20/h3-15H,16H2,1-2H3,(H,32,35)/b13-3-,30-17?. The average Bonchev–Trinajstić information content (AvgIpc) is 2.87. The van der Waals surface area contributed by atoms with Crippen LogP contribution in [-0.4, -0.2) is 21.2 Å². The van der Waals surface area contributed by atoms with Crippen molar-refractivity contribution in [2.24, 2.45) is 4.99 Å². The number of aliphatic imine (C=N–C) groups is 1. The number of fused-ring (bicyclic) bond motifs is 1. The van der Waals surface area contributed by atoms with Gasteiger partial charge in [0.25, 0.3) is 5.91 Å². The molecule has 35 heavy (non-hydrogen) atoms. The number of carbonyl (C=O) groups excluding carboxylic acids is 1. The SMILES string of the molecule is C/C=C\N=C(C)c1c(CNC(=O)c2ccc(Cl)nc2)c(=O)c2ccc(Cl)cc2n1-c1ccccc1. The quantitative estimate of drug-likeness (QED) is 0.259. The summed E-state index contributed by atoms with van der Waals surface area (Å²) in [5.74, 6) is -0.370. The molecule has 2 aromatic carbocycles. The Labute approximate surface area is 212 Å². The Morgan fingerprint density at radius 2 is 1.89 bits per heavy atom. The van der Waals surface area contributed by atoms with Crippen LogP contribution in [0.4, 0.5) is 0 Å². The van der Waals surface area contributed by atoms with Gasteiger partial charge in [-0.1, -0.05) is 47.5 Å². The molecule has 0 fully saturated rings. The van der Waals surface area contributed by atoms with Gasteiger partial charge in [-0.2, -0.15) is 0 Å². The highest BCUT2D eigenvalue weighted by Gasteiger charge is 2.21. The molecule has 6 nitrogen and oxygen atoms in total. The first-order chi connectivity index (χ1) is 16.9. The first kappa shape index (κ1) is 24.4. The number of nitrogens with one attached hydrogen (secondary N) is 1. The van der Waals surface area contributed by atoms with E-state index in [0.717, 1.165) is 5.69 Å². The molecule has 0 bridgehead atoms. The van der Waals surface area contributed by atoms with E-state index in [1.165, 1.54) is 12.3 Å². The number of hydrogen-bond donors (Lipinski definition) is 1. The number of halogens is 2. The number of amides is 1. The largest absolute Gasteiger partial charge is 0.348 e. The Balaban J connectivity index is 1.95. The molecule has 0 spiro atoms. The molecule has 0 aliphatic rings. The normalized spacial score (nSPS) is 11.8. The van der Waals surface area contributed by atoms with Gasteiger partial charge in [0.2, 0.25) is 0 Å². The van der Waals surface area contributed by atoms with Crippen LogP contribution in [0.25, 0.3) is 16.6 Å². The molecule has 2 heterocycles. The van der Waals surface area contributed by atoms with Crippen LogP contribution in [0.2, 0.25) is 10.2 Å². The zero-order valence-electron chi connectivity index (χ0n) is 19.1. The number of nitrogens with zero attached hydrogens (tertiary/aromatic N) is 3. The lowest BCUT2D eigenvalue weighted by Gasteiger charge is -2.21. The van der Waals surface area contributed by atoms with Crippen LogP contribution in [0.5, 0.6) is 0 Å². The highest BCUT2D eigenvalue weighted by Crippen LogP contribution is 2.25. The number of aromatic nitrogens is 2. The Bertz CT molecular complexity index is 1510. The fraction of sp³-hybridized carbons (Fsp3) is 0.111. The summed E-state index contributed by atoms with van der Waals surface area (Å²) in [6.45, 7) is 3.69. The van der Waals surface area contributed by atoms with Crippen molar-refractivity contribution in [1.29, 1.82) is 0 Å². The monoisotopic (exact) mass is 504 g/mol. The minimum absolute atomic E-state index is 0.0102. The smallest absolute Gasteiger partial charge is 0.253 e. The van der Waals surface area contributed by atoms with Gasteiger partial charge in [-0.05, 0) is 56.3 Å². The zero-order valence-corrected chi connectivity index (χ0v) is 20.6. The molecule has 4 rings (SSSR count).